The Hall–Kier alpha value is -2.86. The number of aromatic nitrogens is 3. The van der Waals surface area contributed by atoms with E-state index in [4.69, 9.17) is 11.6 Å². The number of nitrogens with zero attached hydrogens (tertiary/aromatic N) is 2. The van der Waals surface area contributed by atoms with E-state index in [9.17, 15) is 4.79 Å². The predicted molar refractivity (Wildman–Crippen MR) is 95.0 cm³/mol. The van der Waals surface area contributed by atoms with Crippen molar-refractivity contribution in [3.05, 3.63) is 64.3 Å². The van der Waals surface area contributed by atoms with Crippen LogP contribution in [0.5, 0.6) is 0 Å². The maximum Gasteiger partial charge on any atom is 0.280 e. The van der Waals surface area contributed by atoms with Crippen LogP contribution in [0.3, 0.4) is 0 Å². The van der Waals surface area contributed by atoms with Crippen molar-refractivity contribution in [2.45, 2.75) is 13.8 Å². The average Bonchev–Trinajstić information content (AvgIpc) is 3.01. The molecule has 1 aromatic heterocycles. The molecule has 0 aliphatic carbocycles. The first-order valence-electron chi connectivity index (χ1n) is 7.35. The lowest BCUT2D eigenvalue weighted by Crippen LogP contribution is -2.14. The molecule has 2 aromatic carbocycles. The Morgan fingerprint density at radius 3 is 2.46 bits per heavy atom. The van der Waals surface area contributed by atoms with Crippen molar-refractivity contribution in [3.63, 3.8) is 0 Å². The van der Waals surface area contributed by atoms with E-state index in [0.29, 0.717) is 16.5 Å². The number of rotatable bonds is 4. The molecule has 0 unspecified atom stereocenters. The molecule has 0 radical (unpaired) electrons. The Bertz CT molecular complexity index is 873. The fourth-order valence-corrected chi connectivity index (χ4v) is 2.29. The minimum Gasteiger partial charge on any atom is -0.337 e. The minimum atomic E-state index is -0.377. The highest BCUT2D eigenvalue weighted by Gasteiger charge is 2.17. The molecule has 0 bridgehead atoms. The highest BCUT2D eigenvalue weighted by molar-refractivity contribution is 6.31. The summed E-state index contributed by atoms with van der Waals surface area (Å²) in [5.74, 6) is -0.0205. The van der Waals surface area contributed by atoms with Gasteiger partial charge in [-0.1, -0.05) is 35.4 Å². The summed E-state index contributed by atoms with van der Waals surface area (Å²) in [7, 11) is 0. The lowest BCUT2D eigenvalue weighted by Gasteiger charge is -2.07. The highest BCUT2D eigenvalue weighted by atomic mass is 35.5. The number of carbonyl (C=O) groups excluding carboxylic acids is 1. The second-order valence-electron chi connectivity index (χ2n) is 5.43. The fourth-order valence-electron chi connectivity index (χ4n) is 2.11. The number of carbonyl (C=O) groups is 1. The van der Waals surface area contributed by atoms with Gasteiger partial charge in [-0.3, -0.25) is 4.79 Å². The molecule has 0 aliphatic rings. The Morgan fingerprint density at radius 1 is 1.04 bits per heavy atom. The standard InChI is InChI=1S/C17H16ClN5O/c1-10-3-6-12(7-4-10)19-16-15(21-23-22-16)17(24)20-13-8-5-11(2)14(18)9-13/h3-9H,1-2H3,(H,20,24)(H2,19,21,22,23). The van der Waals surface area contributed by atoms with Crippen LogP contribution in [0.1, 0.15) is 21.6 Å². The molecule has 1 heterocycles. The first-order chi connectivity index (χ1) is 11.5. The maximum absolute atomic E-state index is 12.4. The minimum absolute atomic E-state index is 0.173. The summed E-state index contributed by atoms with van der Waals surface area (Å²) in [5, 5.41) is 16.8. The number of halogens is 1. The number of nitrogens with one attached hydrogen (secondary N) is 3. The third kappa shape index (κ3) is 3.55. The van der Waals surface area contributed by atoms with Gasteiger partial charge < -0.3 is 10.6 Å². The van der Waals surface area contributed by atoms with Gasteiger partial charge in [-0.2, -0.15) is 5.21 Å². The number of hydrogen-bond acceptors (Lipinski definition) is 4. The zero-order valence-electron chi connectivity index (χ0n) is 13.2. The molecule has 3 N–H and O–H groups in total. The molecule has 1 amide bonds. The molecule has 0 atom stereocenters. The molecule has 0 aliphatic heterocycles. The van der Waals surface area contributed by atoms with Gasteiger partial charge in [0.15, 0.2) is 11.5 Å². The van der Waals surface area contributed by atoms with Crippen molar-refractivity contribution < 1.29 is 4.79 Å². The molecule has 0 saturated heterocycles. The number of amides is 1. The van der Waals surface area contributed by atoms with Crippen LogP contribution in [0.2, 0.25) is 5.02 Å². The monoisotopic (exact) mass is 341 g/mol. The van der Waals surface area contributed by atoms with Crippen LogP contribution in [0, 0.1) is 13.8 Å². The van der Waals surface area contributed by atoms with Crippen LogP contribution in [0.15, 0.2) is 42.5 Å². The van der Waals surface area contributed by atoms with Crippen molar-refractivity contribution in [1.29, 1.82) is 0 Å². The average molecular weight is 342 g/mol. The van der Waals surface area contributed by atoms with Crippen molar-refractivity contribution in [1.82, 2.24) is 15.4 Å². The number of aryl methyl sites for hydroxylation is 2. The summed E-state index contributed by atoms with van der Waals surface area (Å²) in [6, 6.07) is 13.1. The van der Waals surface area contributed by atoms with Gasteiger partial charge in [0.05, 0.1) is 0 Å². The Kier molecular flexibility index (Phi) is 4.48. The lowest BCUT2D eigenvalue weighted by molar-refractivity contribution is 0.102. The zero-order chi connectivity index (χ0) is 17.1. The highest BCUT2D eigenvalue weighted by Crippen LogP contribution is 2.22. The third-order valence-corrected chi connectivity index (χ3v) is 3.91. The molecule has 0 saturated carbocycles. The van der Waals surface area contributed by atoms with E-state index in [1.54, 1.807) is 12.1 Å². The summed E-state index contributed by atoms with van der Waals surface area (Å²) in [6.07, 6.45) is 0. The SMILES string of the molecule is Cc1ccc(Nc2n[nH]nc2C(=O)Nc2ccc(C)c(Cl)c2)cc1. The maximum atomic E-state index is 12.4. The summed E-state index contributed by atoms with van der Waals surface area (Å²) < 4.78 is 0. The molecule has 3 rings (SSSR count). The summed E-state index contributed by atoms with van der Waals surface area (Å²) in [4.78, 5) is 12.4. The Balaban J connectivity index is 1.77. The van der Waals surface area contributed by atoms with Gasteiger partial charge in [0.2, 0.25) is 0 Å². The van der Waals surface area contributed by atoms with Crippen LogP contribution in [-0.4, -0.2) is 21.3 Å². The van der Waals surface area contributed by atoms with Gasteiger partial charge in [-0.25, -0.2) is 0 Å². The summed E-state index contributed by atoms with van der Waals surface area (Å²) in [6.45, 7) is 3.90. The molecule has 0 fully saturated rings. The number of hydrogen-bond donors (Lipinski definition) is 3. The molecule has 24 heavy (non-hydrogen) atoms. The van der Waals surface area contributed by atoms with Gasteiger partial charge in [0.1, 0.15) is 0 Å². The van der Waals surface area contributed by atoms with E-state index in [0.717, 1.165) is 16.8 Å². The molecule has 122 valence electrons. The van der Waals surface area contributed by atoms with E-state index in [2.05, 4.69) is 26.0 Å². The quantitative estimate of drug-likeness (QED) is 0.668. The van der Waals surface area contributed by atoms with Crippen molar-refractivity contribution >= 4 is 34.7 Å². The number of anilines is 3. The summed E-state index contributed by atoms with van der Waals surface area (Å²) >= 11 is 6.08. The molecule has 0 spiro atoms. The first-order valence-corrected chi connectivity index (χ1v) is 7.72. The van der Waals surface area contributed by atoms with Crippen molar-refractivity contribution in [2.24, 2.45) is 0 Å². The number of H-pyrrole nitrogens is 1. The van der Waals surface area contributed by atoms with Crippen LogP contribution in [0.4, 0.5) is 17.2 Å². The molecule has 3 aromatic rings. The van der Waals surface area contributed by atoms with Crippen molar-refractivity contribution in [3.8, 4) is 0 Å². The van der Waals surface area contributed by atoms with Gasteiger partial charge in [-0.05, 0) is 43.7 Å². The zero-order valence-corrected chi connectivity index (χ0v) is 14.0. The van der Waals surface area contributed by atoms with Gasteiger partial charge >= 0.3 is 0 Å². The van der Waals surface area contributed by atoms with Gasteiger partial charge in [0.25, 0.3) is 5.91 Å². The topological polar surface area (TPSA) is 82.7 Å². The lowest BCUT2D eigenvalue weighted by atomic mass is 10.2. The second-order valence-corrected chi connectivity index (χ2v) is 5.84. The van der Waals surface area contributed by atoms with Crippen molar-refractivity contribution in [2.75, 3.05) is 10.6 Å². The van der Waals surface area contributed by atoms with Crippen LogP contribution in [-0.2, 0) is 0 Å². The van der Waals surface area contributed by atoms with Gasteiger partial charge in [-0.15, -0.1) is 10.2 Å². The number of benzene rings is 2. The second kappa shape index (κ2) is 6.72. The largest absolute Gasteiger partial charge is 0.337 e. The van der Waals surface area contributed by atoms with Crippen LogP contribution >= 0.6 is 11.6 Å². The van der Waals surface area contributed by atoms with E-state index >= 15 is 0 Å². The number of aromatic amines is 1. The summed E-state index contributed by atoms with van der Waals surface area (Å²) in [5.41, 5.74) is 3.68. The Morgan fingerprint density at radius 2 is 1.75 bits per heavy atom. The van der Waals surface area contributed by atoms with E-state index in [-0.39, 0.29) is 11.6 Å². The Labute approximate surface area is 144 Å². The van der Waals surface area contributed by atoms with Crippen LogP contribution < -0.4 is 10.6 Å². The van der Waals surface area contributed by atoms with Gasteiger partial charge in [0, 0.05) is 16.4 Å². The van der Waals surface area contributed by atoms with Crippen LogP contribution in [0.25, 0.3) is 0 Å². The molecule has 7 heteroatoms. The molecular weight excluding hydrogens is 326 g/mol. The molecule has 6 nitrogen and oxygen atoms in total. The predicted octanol–water partition coefficient (Wildman–Crippen LogP) is 4.07. The normalized spacial score (nSPS) is 10.5. The first kappa shape index (κ1) is 16.0. The van der Waals surface area contributed by atoms with E-state index in [1.807, 2.05) is 44.2 Å². The molecular formula is C17H16ClN5O. The smallest absolute Gasteiger partial charge is 0.280 e. The fraction of sp³-hybridized carbons (Fsp3) is 0.118. The van der Waals surface area contributed by atoms with E-state index < -0.39 is 0 Å². The van der Waals surface area contributed by atoms with E-state index in [1.165, 1.54) is 0 Å². The third-order valence-electron chi connectivity index (χ3n) is 3.51.